The second-order valence-corrected chi connectivity index (χ2v) is 6.59. The lowest BCUT2D eigenvalue weighted by molar-refractivity contribution is 0.206. The van der Waals surface area contributed by atoms with Gasteiger partial charge in [-0.05, 0) is 55.3 Å². The number of pyridine rings is 1. The Hall–Kier alpha value is -3.34. The van der Waals surface area contributed by atoms with Crippen LogP contribution >= 0.6 is 0 Å². The number of urea groups is 1. The van der Waals surface area contributed by atoms with Crippen molar-refractivity contribution >= 4 is 11.7 Å². The van der Waals surface area contributed by atoms with Gasteiger partial charge in [-0.3, -0.25) is 4.98 Å². The van der Waals surface area contributed by atoms with Crippen LogP contribution in [0.4, 0.5) is 10.5 Å². The number of anilines is 1. The molecule has 0 saturated carbocycles. The molecule has 0 unspecified atom stereocenters. The van der Waals surface area contributed by atoms with Crippen molar-refractivity contribution in [3.63, 3.8) is 0 Å². The number of aromatic nitrogens is 1. The van der Waals surface area contributed by atoms with Crippen molar-refractivity contribution in [2.75, 3.05) is 11.9 Å². The number of benzene rings is 2. The molecule has 28 heavy (non-hydrogen) atoms. The third-order valence-corrected chi connectivity index (χ3v) is 4.29. The fraction of sp³-hybridized carbons (Fsp3) is 0.217. The molecular weight excluding hydrogens is 350 g/mol. The summed E-state index contributed by atoms with van der Waals surface area (Å²) in [5.74, 6) is 0.785. The second kappa shape index (κ2) is 9.55. The van der Waals surface area contributed by atoms with Gasteiger partial charge in [0.2, 0.25) is 0 Å². The molecule has 0 radical (unpaired) electrons. The number of nitrogens with zero attached hydrogens (tertiary/aromatic N) is 2. The maximum Gasteiger partial charge on any atom is 0.322 e. The van der Waals surface area contributed by atoms with Crippen LogP contribution in [0.1, 0.15) is 23.6 Å². The van der Waals surface area contributed by atoms with Crippen LogP contribution in [-0.2, 0) is 13.1 Å². The number of nitrogens with one attached hydrogen (secondary N) is 1. The number of carbonyl (C=O) groups excluding carboxylic acids is 1. The Balaban J connectivity index is 1.74. The Morgan fingerprint density at radius 3 is 2.36 bits per heavy atom. The summed E-state index contributed by atoms with van der Waals surface area (Å²) in [6.07, 6.45) is 3.51. The summed E-state index contributed by atoms with van der Waals surface area (Å²) >= 11 is 0. The third-order valence-electron chi connectivity index (χ3n) is 4.29. The number of amides is 2. The van der Waals surface area contributed by atoms with Gasteiger partial charge in [-0.2, -0.15) is 0 Å². The summed E-state index contributed by atoms with van der Waals surface area (Å²) in [5, 5.41) is 2.97. The summed E-state index contributed by atoms with van der Waals surface area (Å²) in [5.41, 5.74) is 3.99. The molecule has 0 spiro atoms. The van der Waals surface area contributed by atoms with E-state index in [0.29, 0.717) is 19.7 Å². The number of hydrogen-bond acceptors (Lipinski definition) is 3. The Kier molecular flexibility index (Phi) is 6.63. The smallest absolute Gasteiger partial charge is 0.322 e. The molecule has 2 amide bonds. The van der Waals surface area contributed by atoms with Gasteiger partial charge in [-0.15, -0.1) is 0 Å². The minimum Gasteiger partial charge on any atom is -0.494 e. The Labute approximate surface area is 166 Å². The van der Waals surface area contributed by atoms with E-state index in [9.17, 15) is 4.79 Å². The minimum atomic E-state index is -0.159. The van der Waals surface area contributed by atoms with Crippen molar-refractivity contribution in [3.05, 3.63) is 89.7 Å². The Morgan fingerprint density at radius 1 is 1.00 bits per heavy atom. The van der Waals surface area contributed by atoms with Gasteiger partial charge in [0.15, 0.2) is 0 Å². The van der Waals surface area contributed by atoms with Crippen molar-refractivity contribution in [1.82, 2.24) is 9.88 Å². The highest BCUT2D eigenvalue weighted by atomic mass is 16.5. The summed E-state index contributed by atoms with van der Waals surface area (Å²) < 4.78 is 5.45. The van der Waals surface area contributed by atoms with Gasteiger partial charge in [0.1, 0.15) is 5.75 Å². The zero-order valence-corrected chi connectivity index (χ0v) is 16.3. The third kappa shape index (κ3) is 5.58. The quantitative estimate of drug-likeness (QED) is 0.631. The lowest BCUT2D eigenvalue weighted by atomic mass is 10.1. The SMILES string of the molecule is CCOc1ccc(NC(=O)N(Cc2ccc(C)cc2)Cc2cccnc2)cc1. The zero-order valence-electron chi connectivity index (χ0n) is 16.3. The van der Waals surface area contributed by atoms with Crippen LogP contribution in [0, 0.1) is 6.92 Å². The molecule has 5 heteroatoms. The van der Waals surface area contributed by atoms with E-state index < -0.39 is 0 Å². The Morgan fingerprint density at radius 2 is 1.71 bits per heavy atom. The molecular formula is C23H25N3O2. The normalized spacial score (nSPS) is 10.4. The van der Waals surface area contributed by atoms with Crippen LogP contribution in [0.3, 0.4) is 0 Å². The zero-order chi connectivity index (χ0) is 19.8. The first-order valence-corrected chi connectivity index (χ1v) is 9.37. The van der Waals surface area contributed by atoms with Gasteiger partial charge >= 0.3 is 6.03 Å². The van der Waals surface area contributed by atoms with Gasteiger partial charge in [0, 0.05) is 31.2 Å². The number of rotatable bonds is 7. The van der Waals surface area contributed by atoms with Crippen LogP contribution < -0.4 is 10.1 Å². The van der Waals surface area contributed by atoms with Gasteiger partial charge in [0.25, 0.3) is 0 Å². The number of ether oxygens (including phenoxy) is 1. The van der Waals surface area contributed by atoms with Gasteiger partial charge in [-0.25, -0.2) is 4.79 Å². The predicted molar refractivity (Wildman–Crippen MR) is 111 cm³/mol. The van der Waals surface area contributed by atoms with Crippen LogP contribution in [-0.4, -0.2) is 22.5 Å². The molecule has 3 aromatic rings. The van der Waals surface area contributed by atoms with E-state index in [0.717, 1.165) is 22.6 Å². The van der Waals surface area contributed by atoms with Crippen molar-refractivity contribution in [2.24, 2.45) is 0 Å². The highest BCUT2D eigenvalue weighted by Crippen LogP contribution is 2.17. The summed E-state index contributed by atoms with van der Waals surface area (Å²) in [4.78, 5) is 18.9. The van der Waals surface area contributed by atoms with E-state index in [2.05, 4.69) is 41.5 Å². The molecule has 0 atom stereocenters. The van der Waals surface area contributed by atoms with Crippen molar-refractivity contribution in [3.8, 4) is 5.75 Å². The van der Waals surface area contributed by atoms with Crippen molar-refractivity contribution in [2.45, 2.75) is 26.9 Å². The first-order chi connectivity index (χ1) is 13.6. The molecule has 0 aliphatic rings. The molecule has 0 bridgehead atoms. The average Bonchev–Trinajstić information content (AvgIpc) is 2.71. The average molecular weight is 375 g/mol. The summed E-state index contributed by atoms with van der Waals surface area (Å²) in [6, 6.07) is 19.3. The molecule has 0 aliphatic carbocycles. The maximum atomic E-state index is 13.0. The van der Waals surface area contributed by atoms with E-state index in [1.165, 1.54) is 5.56 Å². The van der Waals surface area contributed by atoms with Gasteiger partial charge in [0.05, 0.1) is 6.61 Å². The highest BCUT2D eigenvalue weighted by Gasteiger charge is 2.15. The number of aryl methyl sites for hydroxylation is 1. The molecule has 1 heterocycles. The van der Waals surface area contributed by atoms with E-state index in [4.69, 9.17) is 4.74 Å². The molecule has 1 N–H and O–H groups in total. The predicted octanol–water partition coefficient (Wildman–Crippen LogP) is 5.02. The topological polar surface area (TPSA) is 54.5 Å². The van der Waals surface area contributed by atoms with E-state index in [1.807, 2.05) is 43.3 Å². The first kappa shape index (κ1) is 19.4. The van der Waals surface area contributed by atoms with E-state index in [-0.39, 0.29) is 6.03 Å². The molecule has 2 aromatic carbocycles. The lowest BCUT2D eigenvalue weighted by Gasteiger charge is -2.23. The molecule has 144 valence electrons. The van der Waals surface area contributed by atoms with Crippen LogP contribution in [0.25, 0.3) is 0 Å². The van der Waals surface area contributed by atoms with Gasteiger partial charge < -0.3 is 15.0 Å². The largest absolute Gasteiger partial charge is 0.494 e. The Bertz CT molecular complexity index is 878. The number of carbonyl (C=O) groups is 1. The standard InChI is InChI=1S/C23H25N3O2/c1-3-28-22-12-10-21(11-13-22)25-23(27)26(17-20-5-4-14-24-15-20)16-19-8-6-18(2)7-9-19/h4-15H,3,16-17H2,1-2H3,(H,25,27). The van der Waals surface area contributed by atoms with Crippen LogP contribution in [0.5, 0.6) is 5.75 Å². The monoisotopic (exact) mass is 375 g/mol. The molecule has 1 aromatic heterocycles. The van der Waals surface area contributed by atoms with Crippen molar-refractivity contribution < 1.29 is 9.53 Å². The first-order valence-electron chi connectivity index (χ1n) is 9.37. The van der Waals surface area contributed by atoms with Crippen LogP contribution in [0.15, 0.2) is 73.1 Å². The summed E-state index contributed by atoms with van der Waals surface area (Å²) in [6.45, 7) is 5.59. The van der Waals surface area contributed by atoms with E-state index >= 15 is 0 Å². The number of hydrogen-bond donors (Lipinski definition) is 1. The molecule has 3 rings (SSSR count). The molecule has 0 fully saturated rings. The molecule has 0 aliphatic heterocycles. The fourth-order valence-electron chi connectivity index (χ4n) is 2.83. The van der Waals surface area contributed by atoms with Gasteiger partial charge in [-0.1, -0.05) is 35.9 Å². The maximum absolute atomic E-state index is 13.0. The highest BCUT2D eigenvalue weighted by molar-refractivity contribution is 5.89. The second-order valence-electron chi connectivity index (χ2n) is 6.59. The van der Waals surface area contributed by atoms with Crippen LogP contribution in [0.2, 0.25) is 0 Å². The molecule has 0 saturated heterocycles. The molecule has 5 nitrogen and oxygen atoms in total. The summed E-state index contributed by atoms with van der Waals surface area (Å²) in [7, 11) is 0. The van der Waals surface area contributed by atoms with E-state index in [1.54, 1.807) is 17.3 Å². The van der Waals surface area contributed by atoms with Crippen molar-refractivity contribution in [1.29, 1.82) is 0 Å². The fourth-order valence-corrected chi connectivity index (χ4v) is 2.83. The minimum absolute atomic E-state index is 0.159. The lowest BCUT2D eigenvalue weighted by Crippen LogP contribution is -2.34.